The van der Waals surface area contributed by atoms with Crippen molar-refractivity contribution >= 4 is 29.6 Å². The topological polar surface area (TPSA) is 65.4 Å². The molecule has 0 aliphatic heterocycles. The maximum absolute atomic E-state index is 6.05. The fourth-order valence-corrected chi connectivity index (χ4v) is 2.63. The predicted molar refractivity (Wildman–Crippen MR) is 94.0 cm³/mol. The van der Waals surface area contributed by atoms with Crippen molar-refractivity contribution in [2.45, 2.75) is 18.7 Å². The number of halogens is 1. The molecule has 3 aromatic rings. The van der Waals surface area contributed by atoms with E-state index >= 15 is 0 Å². The first-order valence-electron chi connectivity index (χ1n) is 7.14. The van der Waals surface area contributed by atoms with Gasteiger partial charge in [-0.3, -0.25) is 0 Å². The minimum absolute atomic E-state index is 0.291. The summed E-state index contributed by atoms with van der Waals surface area (Å²) in [5, 5.41) is 13.6. The van der Waals surface area contributed by atoms with Gasteiger partial charge in [-0.2, -0.15) is 9.78 Å². The zero-order valence-electron chi connectivity index (χ0n) is 13.1. The summed E-state index contributed by atoms with van der Waals surface area (Å²) in [4.78, 5) is 0. The predicted octanol–water partition coefficient (Wildman–Crippen LogP) is 4.02. The zero-order valence-corrected chi connectivity index (χ0v) is 14.7. The van der Waals surface area contributed by atoms with E-state index in [1.807, 2.05) is 43.5 Å². The Hall–Kier alpha value is -2.25. The zero-order chi connectivity index (χ0) is 16.9. The van der Waals surface area contributed by atoms with Gasteiger partial charge in [0.1, 0.15) is 23.9 Å². The molecule has 3 rings (SSSR count). The number of aryl methyl sites for hydroxylation is 1. The minimum Gasteiger partial charge on any atom is -0.484 e. The number of hydrogen-bond acceptors (Lipinski definition) is 6. The molecular weight excluding hydrogens is 348 g/mol. The Morgan fingerprint density at radius 1 is 1.29 bits per heavy atom. The van der Waals surface area contributed by atoms with Crippen molar-refractivity contribution in [1.29, 1.82) is 0 Å². The highest BCUT2D eigenvalue weighted by molar-refractivity contribution is 7.98. The molecule has 0 spiro atoms. The van der Waals surface area contributed by atoms with Gasteiger partial charge in [0.2, 0.25) is 5.16 Å². The third-order valence-electron chi connectivity index (χ3n) is 3.14. The average molecular weight is 363 g/mol. The van der Waals surface area contributed by atoms with Crippen LogP contribution < -0.4 is 4.74 Å². The number of furan rings is 1. The molecule has 0 unspecified atom stereocenters. The Morgan fingerprint density at radius 3 is 2.92 bits per heavy atom. The van der Waals surface area contributed by atoms with Gasteiger partial charge in [0.15, 0.2) is 5.82 Å². The molecule has 0 atom stereocenters. The largest absolute Gasteiger partial charge is 0.484 e. The monoisotopic (exact) mass is 362 g/mol. The standard InChI is InChI=1S/C16H15ClN4O2S/c1-11-19-20-16(24-2)21(11)18-9-12-7-8-13(23-12)10-22-15-6-4-3-5-14(15)17/h3-9H,10H2,1-2H3/b18-9-. The van der Waals surface area contributed by atoms with Crippen LogP contribution in [0.5, 0.6) is 5.75 Å². The molecule has 0 bridgehead atoms. The molecule has 1 aromatic carbocycles. The van der Waals surface area contributed by atoms with Crippen LogP contribution in [0.4, 0.5) is 0 Å². The fourth-order valence-electron chi connectivity index (χ4n) is 1.97. The van der Waals surface area contributed by atoms with Crippen LogP contribution in [0.2, 0.25) is 5.02 Å². The number of para-hydroxylation sites is 1. The lowest BCUT2D eigenvalue weighted by atomic mass is 10.3. The van der Waals surface area contributed by atoms with Crippen LogP contribution in [0.25, 0.3) is 0 Å². The third-order valence-corrected chi connectivity index (χ3v) is 4.07. The van der Waals surface area contributed by atoms with Crippen molar-refractivity contribution in [3.8, 4) is 5.75 Å². The molecule has 0 aliphatic rings. The summed E-state index contributed by atoms with van der Waals surface area (Å²) < 4.78 is 13.0. The molecule has 2 aromatic heterocycles. The number of nitrogens with zero attached hydrogens (tertiary/aromatic N) is 4. The number of hydrogen-bond donors (Lipinski definition) is 0. The van der Waals surface area contributed by atoms with E-state index in [-0.39, 0.29) is 0 Å². The molecule has 124 valence electrons. The summed E-state index contributed by atoms with van der Waals surface area (Å²) in [7, 11) is 0. The Bertz CT molecular complexity index is 859. The van der Waals surface area contributed by atoms with Crippen LogP contribution in [0, 0.1) is 6.92 Å². The molecular formula is C16H15ClN4O2S. The van der Waals surface area contributed by atoms with Crippen molar-refractivity contribution in [3.05, 3.63) is 58.8 Å². The van der Waals surface area contributed by atoms with E-state index in [0.717, 1.165) is 5.16 Å². The highest BCUT2D eigenvalue weighted by atomic mass is 35.5. The van der Waals surface area contributed by atoms with Gasteiger partial charge in [-0.15, -0.1) is 10.2 Å². The SMILES string of the molecule is CSc1nnc(C)n1/N=C\c1ccc(COc2ccccc2Cl)o1. The van der Waals surface area contributed by atoms with Crippen LogP contribution in [0.1, 0.15) is 17.3 Å². The number of benzene rings is 1. The number of rotatable bonds is 6. The molecule has 6 nitrogen and oxygen atoms in total. The van der Waals surface area contributed by atoms with E-state index in [0.29, 0.717) is 34.7 Å². The summed E-state index contributed by atoms with van der Waals surface area (Å²) in [6, 6.07) is 11.0. The smallest absolute Gasteiger partial charge is 0.211 e. The summed E-state index contributed by atoms with van der Waals surface area (Å²) in [5.41, 5.74) is 0. The van der Waals surface area contributed by atoms with E-state index in [1.165, 1.54) is 11.8 Å². The van der Waals surface area contributed by atoms with Gasteiger partial charge in [0.05, 0.1) is 11.2 Å². The molecule has 0 fully saturated rings. The Labute approximate surface area is 148 Å². The second-order valence-electron chi connectivity index (χ2n) is 4.81. The summed E-state index contributed by atoms with van der Waals surface area (Å²) >= 11 is 7.53. The van der Waals surface area contributed by atoms with E-state index in [2.05, 4.69) is 15.3 Å². The van der Waals surface area contributed by atoms with Crippen molar-refractivity contribution in [3.63, 3.8) is 0 Å². The van der Waals surface area contributed by atoms with Crippen LogP contribution in [0.15, 0.2) is 51.1 Å². The molecule has 0 saturated heterocycles. The lowest BCUT2D eigenvalue weighted by molar-refractivity contribution is 0.270. The maximum Gasteiger partial charge on any atom is 0.211 e. The quantitative estimate of drug-likeness (QED) is 0.489. The highest BCUT2D eigenvalue weighted by Gasteiger charge is 2.07. The van der Waals surface area contributed by atoms with Gasteiger partial charge in [-0.1, -0.05) is 35.5 Å². The molecule has 0 radical (unpaired) electrons. The summed E-state index contributed by atoms with van der Waals surface area (Å²) in [6.07, 6.45) is 3.54. The van der Waals surface area contributed by atoms with Gasteiger partial charge >= 0.3 is 0 Å². The molecule has 2 heterocycles. The molecule has 0 N–H and O–H groups in total. The summed E-state index contributed by atoms with van der Waals surface area (Å²) in [5.74, 6) is 2.63. The molecule has 8 heteroatoms. The lowest BCUT2D eigenvalue weighted by Crippen LogP contribution is -1.95. The van der Waals surface area contributed by atoms with Gasteiger partial charge in [0, 0.05) is 0 Å². The second kappa shape index (κ2) is 7.55. The second-order valence-corrected chi connectivity index (χ2v) is 5.99. The molecule has 0 saturated carbocycles. The van der Waals surface area contributed by atoms with Crippen molar-refractivity contribution < 1.29 is 9.15 Å². The summed E-state index contributed by atoms with van der Waals surface area (Å²) in [6.45, 7) is 2.13. The van der Waals surface area contributed by atoms with Crippen LogP contribution in [-0.4, -0.2) is 27.3 Å². The van der Waals surface area contributed by atoms with Gasteiger partial charge in [0.25, 0.3) is 0 Å². The first-order valence-corrected chi connectivity index (χ1v) is 8.74. The maximum atomic E-state index is 6.05. The molecule has 0 aliphatic carbocycles. The van der Waals surface area contributed by atoms with Crippen molar-refractivity contribution in [2.24, 2.45) is 5.10 Å². The van der Waals surface area contributed by atoms with E-state index in [4.69, 9.17) is 20.8 Å². The number of aromatic nitrogens is 3. The fraction of sp³-hybridized carbons (Fsp3) is 0.188. The first kappa shape index (κ1) is 16.6. The number of thioether (sulfide) groups is 1. The normalized spacial score (nSPS) is 11.3. The van der Waals surface area contributed by atoms with Crippen LogP contribution in [-0.2, 0) is 6.61 Å². The molecule has 0 amide bonds. The highest BCUT2D eigenvalue weighted by Crippen LogP contribution is 2.24. The Balaban J connectivity index is 1.66. The molecule has 24 heavy (non-hydrogen) atoms. The Kier molecular flexibility index (Phi) is 5.22. The Morgan fingerprint density at radius 2 is 2.12 bits per heavy atom. The third kappa shape index (κ3) is 3.80. The van der Waals surface area contributed by atoms with E-state index in [9.17, 15) is 0 Å². The average Bonchev–Trinajstić information content (AvgIpc) is 3.18. The van der Waals surface area contributed by atoms with E-state index < -0.39 is 0 Å². The van der Waals surface area contributed by atoms with Gasteiger partial charge < -0.3 is 9.15 Å². The van der Waals surface area contributed by atoms with Crippen molar-refractivity contribution in [1.82, 2.24) is 14.9 Å². The minimum atomic E-state index is 0.291. The van der Waals surface area contributed by atoms with Crippen molar-refractivity contribution in [2.75, 3.05) is 6.26 Å². The number of ether oxygens (including phenoxy) is 1. The van der Waals surface area contributed by atoms with Gasteiger partial charge in [-0.05, 0) is 37.4 Å². The van der Waals surface area contributed by atoms with Crippen LogP contribution in [0.3, 0.4) is 0 Å². The first-order chi connectivity index (χ1) is 11.7. The lowest BCUT2D eigenvalue weighted by Gasteiger charge is -2.05. The van der Waals surface area contributed by atoms with Crippen LogP contribution >= 0.6 is 23.4 Å². The van der Waals surface area contributed by atoms with Gasteiger partial charge in [-0.25, -0.2) is 0 Å². The van der Waals surface area contributed by atoms with E-state index in [1.54, 1.807) is 17.0 Å².